The minimum atomic E-state index is 0.833. The zero-order valence-electron chi connectivity index (χ0n) is 17.9. The third kappa shape index (κ3) is 105. The first-order chi connectivity index (χ1) is 10.0. The molecular formula is C19H50N2. The summed E-state index contributed by atoms with van der Waals surface area (Å²) in [6.07, 6.45) is 1.32. The molecule has 0 saturated carbocycles. The normalized spacial score (nSPS) is 8.48. The molecule has 1 unspecified atom stereocenters. The summed E-state index contributed by atoms with van der Waals surface area (Å²) < 4.78 is 0. The summed E-state index contributed by atoms with van der Waals surface area (Å²) in [7, 11) is 1.93. The van der Waals surface area contributed by atoms with Gasteiger partial charge in [0.25, 0.3) is 0 Å². The first kappa shape index (κ1) is 37.1. The van der Waals surface area contributed by atoms with E-state index in [1.165, 1.54) is 6.42 Å². The molecule has 1 atom stereocenters. The summed E-state index contributed by atoms with van der Waals surface area (Å²) in [5, 5.41) is 2.93. The zero-order chi connectivity index (χ0) is 18.7. The largest absolute Gasteiger partial charge is 0.320 e. The second-order valence-corrected chi connectivity index (χ2v) is 3.88. The van der Waals surface area contributed by atoms with Crippen molar-refractivity contribution in [1.29, 1.82) is 0 Å². The van der Waals surface area contributed by atoms with Gasteiger partial charge < -0.3 is 10.3 Å². The Balaban J connectivity index is -0.0000000352. The fraction of sp³-hybridized carbons (Fsp3) is 0.947. The van der Waals surface area contributed by atoms with Crippen molar-refractivity contribution >= 4 is 6.72 Å². The molecule has 2 nitrogen and oxygen atoms in total. The van der Waals surface area contributed by atoms with E-state index in [0.29, 0.717) is 0 Å². The Labute approximate surface area is 139 Å². The fourth-order valence-electron chi connectivity index (χ4n) is 0.471. The van der Waals surface area contributed by atoms with Crippen LogP contribution in [0.5, 0.6) is 0 Å². The molecule has 0 heterocycles. The van der Waals surface area contributed by atoms with Crippen molar-refractivity contribution in [2.45, 2.75) is 89.5 Å². The van der Waals surface area contributed by atoms with E-state index in [0.717, 1.165) is 24.9 Å². The topological polar surface area (TPSA) is 24.4 Å². The minimum Gasteiger partial charge on any atom is -0.320 e. The van der Waals surface area contributed by atoms with Gasteiger partial charge in [0.05, 0.1) is 0 Å². The lowest BCUT2D eigenvalue weighted by Crippen LogP contribution is -2.01. The maximum Gasteiger partial charge on any atom is 0.0353 e. The molecule has 0 saturated heterocycles. The van der Waals surface area contributed by atoms with Crippen molar-refractivity contribution in [3.05, 3.63) is 0 Å². The van der Waals surface area contributed by atoms with Crippen LogP contribution in [-0.4, -0.2) is 26.9 Å². The van der Waals surface area contributed by atoms with E-state index in [2.05, 4.69) is 51.6 Å². The number of hydrogen-bond acceptors (Lipinski definition) is 2. The summed E-state index contributed by atoms with van der Waals surface area (Å²) in [6.45, 7) is 30.2. The van der Waals surface area contributed by atoms with E-state index in [9.17, 15) is 0 Å². The molecular weight excluding hydrogens is 256 g/mol. The van der Waals surface area contributed by atoms with Crippen molar-refractivity contribution in [3.8, 4) is 0 Å². The molecule has 0 aliphatic heterocycles. The van der Waals surface area contributed by atoms with Gasteiger partial charge in [-0.3, -0.25) is 0 Å². The van der Waals surface area contributed by atoms with E-state index >= 15 is 0 Å². The number of rotatable bonds is 4. The van der Waals surface area contributed by atoms with Gasteiger partial charge in [-0.2, -0.15) is 0 Å². The highest BCUT2D eigenvalue weighted by Crippen LogP contribution is 2.11. The average Bonchev–Trinajstić information content (AvgIpc) is 2.59. The van der Waals surface area contributed by atoms with Crippen LogP contribution in [0, 0.1) is 11.8 Å². The van der Waals surface area contributed by atoms with Gasteiger partial charge in [-0.25, -0.2) is 0 Å². The molecule has 21 heavy (non-hydrogen) atoms. The van der Waals surface area contributed by atoms with E-state index < -0.39 is 0 Å². The minimum absolute atomic E-state index is 0.833. The maximum atomic E-state index is 3.49. The van der Waals surface area contributed by atoms with Gasteiger partial charge in [-0.1, -0.05) is 82.6 Å². The fourth-order valence-corrected chi connectivity index (χ4v) is 0.471. The molecule has 0 aromatic heterocycles. The Bertz CT molecular complexity index is 99.7. The van der Waals surface area contributed by atoms with Gasteiger partial charge in [0, 0.05) is 6.54 Å². The Morgan fingerprint density at radius 1 is 0.857 bits per heavy atom. The maximum absolute atomic E-state index is 3.49. The quantitative estimate of drug-likeness (QED) is 0.574. The highest BCUT2D eigenvalue weighted by Gasteiger charge is 2.01. The third-order valence-electron chi connectivity index (χ3n) is 2.36. The molecule has 1 N–H and O–H groups in total. The number of hydrogen-bond donors (Lipinski definition) is 1. The Kier molecular flexibility index (Phi) is 107. The Morgan fingerprint density at radius 2 is 1.10 bits per heavy atom. The van der Waals surface area contributed by atoms with E-state index in [-0.39, 0.29) is 0 Å². The standard InChI is InChI=1S/C7H16.C3H9N.C3H7N.3C2H6/c1-5-7(4)6(2)3;2*1-3-4-2;3*1-2/h6-7H,5H2,1-4H3;4H,3H2,1-2H3;2-3H2,1H3;3*1-2H3. The summed E-state index contributed by atoms with van der Waals surface area (Å²) in [5.74, 6) is 1.77. The molecule has 0 aliphatic rings. The zero-order valence-corrected chi connectivity index (χ0v) is 17.9. The van der Waals surface area contributed by atoms with Crippen molar-refractivity contribution < 1.29 is 0 Å². The highest BCUT2D eigenvalue weighted by molar-refractivity contribution is 5.22. The molecule has 0 rings (SSSR count). The van der Waals surface area contributed by atoms with Crippen LogP contribution in [0.2, 0.25) is 0 Å². The number of nitrogens with one attached hydrogen (secondary N) is 1. The molecule has 0 radical (unpaired) electrons. The van der Waals surface area contributed by atoms with Gasteiger partial charge in [0.2, 0.25) is 0 Å². The summed E-state index contributed by atoms with van der Waals surface area (Å²) in [6, 6.07) is 0. The van der Waals surface area contributed by atoms with Gasteiger partial charge >= 0.3 is 0 Å². The van der Waals surface area contributed by atoms with Crippen LogP contribution in [0.1, 0.15) is 89.5 Å². The Morgan fingerprint density at radius 3 is 1.10 bits per heavy atom. The number of nitrogens with zero attached hydrogens (tertiary/aromatic N) is 1. The summed E-state index contributed by atoms with van der Waals surface area (Å²) in [4.78, 5) is 3.49. The van der Waals surface area contributed by atoms with Crippen LogP contribution < -0.4 is 5.32 Å². The van der Waals surface area contributed by atoms with Crippen LogP contribution in [-0.2, 0) is 0 Å². The van der Waals surface area contributed by atoms with Crippen LogP contribution in [0.3, 0.4) is 0 Å². The Hall–Kier alpha value is -0.370. The molecule has 0 bridgehead atoms. The second-order valence-electron chi connectivity index (χ2n) is 3.88. The van der Waals surface area contributed by atoms with Crippen LogP contribution in [0.25, 0.3) is 0 Å². The highest BCUT2D eigenvalue weighted by atomic mass is 14.8. The van der Waals surface area contributed by atoms with E-state index in [1.54, 1.807) is 0 Å². The summed E-state index contributed by atoms with van der Waals surface area (Å²) >= 11 is 0. The van der Waals surface area contributed by atoms with Gasteiger partial charge in [0.1, 0.15) is 0 Å². The molecule has 0 fully saturated rings. The summed E-state index contributed by atoms with van der Waals surface area (Å²) in [5.41, 5.74) is 0. The van der Waals surface area contributed by atoms with Crippen LogP contribution in [0.15, 0.2) is 4.99 Å². The van der Waals surface area contributed by atoms with E-state index in [1.807, 2.05) is 55.5 Å². The molecule has 2 heteroatoms. The van der Waals surface area contributed by atoms with E-state index in [4.69, 9.17) is 0 Å². The molecule has 0 amide bonds. The lowest BCUT2D eigenvalue weighted by Gasteiger charge is -2.10. The monoisotopic (exact) mass is 306 g/mol. The van der Waals surface area contributed by atoms with Crippen molar-refractivity contribution in [2.75, 3.05) is 20.1 Å². The second kappa shape index (κ2) is 60.3. The lowest BCUT2D eigenvalue weighted by atomic mass is 9.96. The smallest absolute Gasteiger partial charge is 0.0353 e. The predicted octanol–water partition coefficient (Wildman–Crippen LogP) is 6.70. The molecule has 0 aromatic rings. The van der Waals surface area contributed by atoms with Crippen molar-refractivity contribution in [2.24, 2.45) is 16.8 Å². The van der Waals surface area contributed by atoms with Gasteiger partial charge in [0.15, 0.2) is 0 Å². The third-order valence-corrected chi connectivity index (χ3v) is 2.36. The van der Waals surface area contributed by atoms with Crippen molar-refractivity contribution in [1.82, 2.24) is 5.32 Å². The molecule has 0 spiro atoms. The molecule has 0 aromatic carbocycles. The van der Waals surface area contributed by atoms with Crippen LogP contribution >= 0.6 is 0 Å². The first-order valence-electron chi connectivity index (χ1n) is 9.08. The first-order valence-corrected chi connectivity index (χ1v) is 9.08. The number of aliphatic imine (C=N–C) groups is 1. The average molecular weight is 307 g/mol. The molecule has 136 valence electrons. The predicted molar refractivity (Wildman–Crippen MR) is 108 cm³/mol. The SMILES string of the molecule is C=NCC.CC.CC.CC.CCC(C)C(C)C.CCNC. The van der Waals surface area contributed by atoms with Crippen molar-refractivity contribution in [3.63, 3.8) is 0 Å². The van der Waals surface area contributed by atoms with Gasteiger partial charge in [-0.05, 0) is 39.1 Å². The van der Waals surface area contributed by atoms with Crippen LogP contribution in [0.4, 0.5) is 0 Å². The molecule has 0 aliphatic carbocycles. The lowest BCUT2D eigenvalue weighted by molar-refractivity contribution is 0.407. The van der Waals surface area contributed by atoms with Gasteiger partial charge in [-0.15, -0.1) is 0 Å².